The molecule has 80 valence electrons. The van der Waals surface area contributed by atoms with Crippen molar-refractivity contribution in [1.82, 2.24) is 0 Å². The standard InChI is InChI=1S/C14H18O/c1-11(14(15)13-9-10-13)7-8-12-5-3-2-4-6-12/h2-6,11,13H,7-10H2,1H3. The van der Waals surface area contributed by atoms with E-state index in [1.807, 2.05) is 6.07 Å². The van der Waals surface area contributed by atoms with Crippen LogP contribution in [0.3, 0.4) is 0 Å². The molecule has 1 atom stereocenters. The van der Waals surface area contributed by atoms with Crippen molar-refractivity contribution in [3.63, 3.8) is 0 Å². The summed E-state index contributed by atoms with van der Waals surface area (Å²) in [5.74, 6) is 1.15. The molecule has 1 fully saturated rings. The van der Waals surface area contributed by atoms with E-state index in [-0.39, 0.29) is 5.92 Å². The van der Waals surface area contributed by atoms with Crippen LogP contribution in [0.15, 0.2) is 30.3 Å². The van der Waals surface area contributed by atoms with Gasteiger partial charge in [0.25, 0.3) is 0 Å². The van der Waals surface area contributed by atoms with E-state index in [1.54, 1.807) is 0 Å². The van der Waals surface area contributed by atoms with E-state index in [1.165, 1.54) is 5.56 Å². The zero-order chi connectivity index (χ0) is 10.7. The summed E-state index contributed by atoms with van der Waals surface area (Å²) in [4.78, 5) is 11.7. The van der Waals surface area contributed by atoms with Gasteiger partial charge in [0.05, 0.1) is 0 Å². The third-order valence-corrected chi connectivity index (χ3v) is 3.17. The topological polar surface area (TPSA) is 17.1 Å². The Hall–Kier alpha value is -1.11. The highest BCUT2D eigenvalue weighted by atomic mass is 16.1. The van der Waals surface area contributed by atoms with Gasteiger partial charge in [0.15, 0.2) is 0 Å². The minimum Gasteiger partial charge on any atom is -0.299 e. The first-order chi connectivity index (χ1) is 7.27. The lowest BCUT2D eigenvalue weighted by Crippen LogP contribution is -2.13. The Morgan fingerprint density at radius 2 is 2.00 bits per heavy atom. The molecule has 0 spiro atoms. The van der Waals surface area contributed by atoms with Gasteiger partial charge >= 0.3 is 0 Å². The molecule has 1 unspecified atom stereocenters. The van der Waals surface area contributed by atoms with Crippen LogP contribution >= 0.6 is 0 Å². The summed E-state index contributed by atoms with van der Waals surface area (Å²) in [6, 6.07) is 10.4. The van der Waals surface area contributed by atoms with E-state index < -0.39 is 0 Å². The Kier molecular flexibility index (Phi) is 3.20. The van der Waals surface area contributed by atoms with Crippen molar-refractivity contribution in [3.05, 3.63) is 35.9 Å². The molecule has 0 aromatic heterocycles. The summed E-state index contributed by atoms with van der Waals surface area (Å²) in [6.07, 6.45) is 4.29. The zero-order valence-corrected chi connectivity index (χ0v) is 9.28. The summed E-state index contributed by atoms with van der Waals surface area (Å²) < 4.78 is 0. The van der Waals surface area contributed by atoms with Crippen LogP contribution < -0.4 is 0 Å². The van der Waals surface area contributed by atoms with Crippen molar-refractivity contribution >= 4 is 5.78 Å². The number of hydrogen-bond donors (Lipinski definition) is 0. The maximum Gasteiger partial charge on any atom is 0.138 e. The summed E-state index contributed by atoms with van der Waals surface area (Å²) in [6.45, 7) is 2.07. The molecule has 0 radical (unpaired) electrons. The lowest BCUT2D eigenvalue weighted by Gasteiger charge is -2.09. The molecule has 1 heteroatoms. The average molecular weight is 202 g/mol. The van der Waals surface area contributed by atoms with E-state index in [0.29, 0.717) is 11.7 Å². The monoisotopic (exact) mass is 202 g/mol. The van der Waals surface area contributed by atoms with Crippen molar-refractivity contribution in [2.75, 3.05) is 0 Å². The van der Waals surface area contributed by atoms with Gasteiger partial charge in [-0.1, -0.05) is 37.3 Å². The van der Waals surface area contributed by atoms with Crippen LogP contribution in [0.4, 0.5) is 0 Å². The number of carbonyl (C=O) groups is 1. The highest BCUT2D eigenvalue weighted by Gasteiger charge is 2.32. The third kappa shape index (κ3) is 2.92. The molecule has 0 saturated heterocycles. The number of rotatable bonds is 5. The zero-order valence-electron chi connectivity index (χ0n) is 9.28. The quantitative estimate of drug-likeness (QED) is 0.716. The molecule has 1 aliphatic carbocycles. The van der Waals surface area contributed by atoms with Crippen molar-refractivity contribution in [3.8, 4) is 0 Å². The van der Waals surface area contributed by atoms with Crippen LogP contribution in [0.5, 0.6) is 0 Å². The first-order valence-electron chi connectivity index (χ1n) is 5.85. The first-order valence-corrected chi connectivity index (χ1v) is 5.85. The van der Waals surface area contributed by atoms with Crippen LogP contribution in [-0.2, 0) is 11.2 Å². The van der Waals surface area contributed by atoms with Crippen LogP contribution in [0.1, 0.15) is 31.7 Å². The SMILES string of the molecule is CC(CCc1ccccc1)C(=O)C1CC1. The molecule has 2 rings (SSSR count). The minimum absolute atomic E-state index is 0.248. The maximum atomic E-state index is 11.7. The normalized spacial score (nSPS) is 17.4. The predicted octanol–water partition coefficient (Wildman–Crippen LogP) is 3.23. The number of carbonyl (C=O) groups excluding carboxylic acids is 1. The van der Waals surface area contributed by atoms with Gasteiger partial charge in [-0.2, -0.15) is 0 Å². The second-order valence-corrected chi connectivity index (χ2v) is 4.60. The minimum atomic E-state index is 0.248. The average Bonchev–Trinajstić information content (AvgIpc) is 3.10. The van der Waals surface area contributed by atoms with Gasteiger partial charge in [0.2, 0.25) is 0 Å². The summed E-state index contributed by atoms with van der Waals surface area (Å²) in [5, 5.41) is 0. The molecule has 15 heavy (non-hydrogen) atoms. The Bertz CT molecular complexity index is 324. The maximum absolute atomic E-state index is 11.7. The van der Waals surface area contributed by atoms with E-state index in [0.717, 1.165) is 25.7 Å². The Morgan fingerprint density at radius 1 is 1.33 bits per heavy atom. The molecule has 0 heterocycles. The summed E-state index contributed by atoms with van der Waals surface area (Å²) in [5.41, 5.74) is 1.34. The molecular weight excluding hydrogens is 184 g/mol. The van der Waals surface area contributed by atoms with Gasteiger partial charge in [-0.25, -0.2) is 0 Å². The second-order valence-electron chi connectivity index (χ2n) is 4.60. The number of ketones is 1. The van der Waals surface area contributed by atoms with Gasteiger partial charge in [-0.3, -0.25) is 4.79 Å². The van der Waals surface area contributed by atoms with Crippen LogP contribution in [0.25, 0.3) is 0 Å². The number of aryl methyl sites for hydroxylation is 1. The lowest BCUT2D eigenvalue weighted by molar-refractivity contribution is -0.123. The molecular formula is C14H18O. The smallest absolute Gasteiger partial charge is 0.138 e. The number of Topliss-reactive ketones (excluding diaryl/α,β-unsaturated/α-hetero) is 1. The first kappa shape index (κ1) is 10.4. The van der Waals surface area contributed by atoms with E-state index in [4.69, 9.17) is 0 Å². The number of hydrogen-bond acceptors (Lipinski definition) is 1. The predicted molar refractivity (Wildman–Crippen MR) is 61.7 cm³/mol. The molecule has 0 bridgehead atoms. The van der Waals surface area contributed by atoms with Gasteiger partial charge in [-0.05, 0) is 31.2 Å². The third-order valence-electron chi connectivity index (χ3n) is 3.17. The fraction of sp³-hybridized carbons (Fsp3) is 0.500. The molecule has 1 nitrogen and oxygen atoms in total. The van der Waals surface area contributed by atoms with Gasteiger partial charge in [0.1, 0.15) is 5.78 Å². The second kappa shape index (κ2) is 4.61. The van der Waals surface area contributed by atoms with Crippen LogP contribution in [0, 0.1) is 11.8 Å². The fourth-order valence-corrected chi connectivity index (χ4v) is 1.94. The fourth-order valence-electron chi connectivity index (χ4n) is 1.94. The van der Waals surface area contributed by atoms with Crippen LogP contribution in [0.2, 0.25) is 0 Å². The van der Waals surface area contributed by atoms with E-state index in [9.17, 15) is 4.79 Å². The van der Waals surface area contributed by atoms with Crippen LogP contribution in [-0.4, -0.2) is 5.78 Å². The molecule has 1 aromatic carbocycles. The van der Waals surface area contributed by atoms with Crippen molar-refractivity contribution in [2.45, 2.75) is 32.6 Å². The Balaban J connectivity index is 1.80. The summed E-state index contributed by atoms with van der Waals surface area (Å²) >= 11 is 0. The Labute approximate surface area is 91.5 Å². The summed E-state index contributed by atoms with van der Waals surface area (Å²) in [7, 11) is 0. The van der Waals surface area contributed by atoms with Crippen molar-refractivity contribution in [2.24, 2.45) is 11.8 Å². The molecule has 1 aromatic rings. The molecule has 1 aliphatic rings. The van der Waals surface area contributed by atoms with Gasteiger partial charge in [0, 0.05) is 11.8 Å². The van der Waals surface area contributed by atoms with Gasteiger partial charge in [-0.15, -0.1) is 0 Å². The largest absolute Gasteiger partial charge is 0.299 e. The van der Waals surface area contributed by atoms with Gasteiger partial charge < -0.3 is 0 Å². The van der Waals surface area contributed by atoms with Crippen molar-refractivity contribution in [1.29, 1.82) is 0 Å². The molecule has 1 saturated carbocycles. The van der Waals surface area contributed by atoms with Crippen molar-refractivity contribution < 1.29 is 4.79 Å². The lowest BCUT2D eigenvalue weighted by atomic mass is 9.95. The van der Waals surface area contributed by atoms with E-state index >= 15 is 0 Å². The Morgan fingerprint density at radius 3 is 2.60 bits per heavy atom. The number of benzene rings is 1. The molecule has 0 amide bonds. The molecule has 0 aliphatic heterocycles. The highest BCUT2D eigenvalue weighted by Crippen LogP contribution is 2.33. The van der Waals surface area contributed by atoms with E-state index in [2.05, 4.69) is 31.2 Å². The highest BCUT2D eigenvalue weighted by molar-refractivity contribution is 5.85. The molecule has 0 N–H and O–H groups in total.